The molecule has 3 aromatic rings. The van der Waals surface area contributed by atoms with Gasteiger partial charge in [0.1, 0.15) is 12.4 Å². The summed E-state index contributed by atoms with van der Waals surface area (Å²) in [5, 5.41) is 5.25. The van der Waals surface area contributed by atoms with Gasteiger partial charge in [-0.15, -0.1) is 0 Å². The number of halogens is 2. The van der Waals surface area contributed by atoms with Crippen LogP contribution in [0.3, 0.4) is 0 Å². The molecule has 4 bridgehead atoms. The van der Waals surface area contributed by atoms with Crippen LogP contribution in [0.1, 0.15) is 25.3 Å². The maximum atomic E-state index is 14.4. The first-order chi connectivity index (χ1) is 15.1. The maximum absolute atomic E-state index is 14.4. The van der Waals surface area contributed by atoms with Gasteiger partial charge in [0.25, 0.3) is 10.0 Å². The average Bonchev–Trinajstić information content (AvgIpc) is 3.09. The molecule has 4 rings (SSSR count). The number of hydrogen-bond acceptors (Lipinski definition) is 6. The number of carbonyl (C=O) groups is 1. The van der Waals surface area contributed by atoms with Crippen LogP contribution in [0.25, 0.3) is 11.1 Å². The number of benzene rings is 1. The van der Waals surface area contributed by atoms with Crippen LogP contribution in [0.2, 0.25) is 0 Å². The third-order valence-electron chi connectivity index (χ3n) is 4.78. The Morgan fingerprint density at radius 2 is 2.00 bits per heavy atom. The molecule has 2 aromatic heterocycles. The molecule has 1 aliphatic rings. The van der Waals surface area contributed by atoms with Gasteiger partial charge in [0.15, 0.2) is 5.82 Å². The highest BCUT2D eigenvalue weighted by Gasteiger charge is 2.27. The smallest absolute Gasteiger partial charge is 0.333 e. The van der Waals surface area contributed by atoms with E-state index in [-0.39, 0.29) is 30.6 Å². The maximum Gasteiger partial charge on any atom is 0.333 e. The van der Waals surface area contributed by atoms with Crippen molar-refractivity contribution in [3.05, 3.63) is 53.9 Å². The quantitative estimate of drug-likeness (QED) is 0.573. The molecule has 12 heteroatoms. The number of fused-ring (bicyclic) bond motifs is 6. The molecule has 0 saturated heterocycles. The van der Waals surface area contributed by atoms with Crippen LogP contribution in [-0.2, 0) is 16.6 Å². The summed E-state index contributed by atoms with van der Waals surface area (Å²) < 4.78 is 62.1. The van der Waals surface area contributed by atoms with Crippen LogP contribution in [0.15, 0.2) is 41.7 Å². The fourth-order valence-electron chi connectivity index (χ4n) is 3.34. The zero-order valence-electron chi connectivity index (χ0n) is 17.1. The van der Waals surface area contributed by atoms with Gasteiger partial charge < -0.3 is 10.1 Å². The van der Waals surface area contributed by atoms with E-state index in [1.165, 1.54) is 18.3 Å². The molecule has 2 amide bonds. The van der Waals surface area contributed by atoms with Gasteiger partial charge in [0.2, 0.25) is 10.9 Å². The normalized spacial score (nSPS) is 15.6. The van der Waals surface area contributed by atoms with Crippen molar-refractivity contribution >= 4 is 21.7 Å². The zero-order chi connectivity index (χ0) is 23.0. The van der Waals surface area contributed by atoms with Crippen molar-refractivity contribution < 1.29 is 26.7 Å². The summed E-state index contributed by atoms with van der Waals surface area (Å²) in [4.78, 5) is 16.7. The lowest BCUT2D eigenvalue weighted by atomic mass is 9.94. The molecule has 0 radical (unpaired) electrons. The minimum Gasteiger partial charge on any atom is -0.476 e. The highest BCUT2D eigenvalue weighted by Crippen LogP contribution is 2.37. The first-order valence-corrected chi connectivity index (χ1v) is 11.1. The molecule has 0 unspecified atom stereocenters. The monoisotopic (exact) mass is 463 g/mol. The summed E-state index contributed by atoms with van der Waals surface area (Å²) in [5.74, 6) is -1.67. The second kappa shape index (κ2) is 8.19. The van der Waals surface area contributed by atoms with Crippen molar-refractivity contribution in [1.29, 1.82) is 0 Å². The number of rotatable bonds is 1. The van der Waals surface area contributed by atoms with Gasteiger partial charge in [-0.05, 0) is 35.2 Å². The Morgan fingerprint density at radius 3 is 2.75 bits per heavy atom. The van der Waals surface area contributed by atoms with Gasteiger partial charge in [0.05, 0.1) is 18.4 Å². The summed E-state index contributed by atoms with van der Waals surface area (Å²) in [6, 6.07) is 4.50. The van der Waals surface area contributed by atoms with Crippen molar-refractivity contribution in [1.82, 2.24) is 19.5 Å². The molecule has 168 valence electrons. The lowest BCUT2D eigenvalue weighted by Gasteiger charge is -2.19. The molecule has 0 spiro atoms. The number of aromatic nitrogens is 3. The standard InChI is InChI=1S/C20H19F2N5O4S/c1-11(2)14-8-13(21)9-15-12-3-4-23-17(7-12)31-6-5-27-10-16(22)19(25-27)32(29,30)26-20(28)24-18(14)15/h3-4,7-11H,5-6H2,1-2H3,(H2,24,26,28). The van der Waals surface area contributed by atoms with Crippen molar-refractivity contribution in [3.63, 3.8) is 0 Å². The number of carbonyl (C=O) groups excluding carboxylic acids is 1. The Hall–Kier alpha value is -3.54. The van der Waals surface area contributed by atoms with Crippen LogP contribution in [-0.4, -0.2) is 35.8 Å². The number of nitrogens with zero attached hydrogens (tertiary/aromatic N) is 3. The third kappa shape index (κ3) is 4.26. The molecule has 1 aromatic carbocycles. The summed E-state index contributed by atoms with van der Waals surface area (Å²) in [6.45, 7) is 3.62. The molecule has 3 heterocycles. The Morgan fingerprint density at radius 1 is 1.22 bits per heavy atom. The first-order valence-electron chi connectivity index (χ1n) is 9.63. The fraction of sp³-hybridized carbons (Fsp3) is 0.250. The molecule has 0 saturated carbocycles. The number of anilines is 1. The van der Waals surface area contributed by atoms with E-state index in [1.807, 2.05) is 0 Å². The van der Waals surface area contributed by atoms with E-state index in [0.29, 0.717) is 16.7 Å². The number of ether oxygens (including phenoxy) is 1. The van der Waals surface area contributed by atoms with Gasteiger partial charge in [-0.2, -0.15) is 13.5 Å². The Kier molecular flexibility index (Phi) is 5.55. The zero-order valence-corrected chi connectivity index (χ0v) is 17.9. The predicted octanol–water partition coefficient (Wildman–Crippen LogP) is 3.25. The Balaban J connectivity index is 1.88. The number of sulfonamides is 1. The van der Waals surface area contributed by atoms with Crippen molar-refractivity contribution in [2.24, 2.45) is 0 Å². The highest BCUT2D eigenvalue weighted by molar-refractivity contribution is 7.90. The van der Waals surface area contributed by atoms with Crippen LogP contribution < -0.4 is 14.8 Å². The van der Waals surface area contributed by atoms with Gasteiger partial charge >= 0.3 is 6.03 Å². The van der Waals surface area contributed by atoms with E-state index in [9.17, 15) is 22.0 Å². The molecule has 32 heavy (non-hydrogen) atoms. The molecule has 9 nitrogen and oxygen atoms in total. The number of nitrogens with one attached hydrogen (secondary N) is 2. The number of pyridine rings is 1. The largest absolute Gasteiger partial charge is 0.476 e. The van der Waals surface area contributed by atoms with Gasteiger partial charge in [0, 0.05) is 17.8 Å². The number of hydrogen-bond donors (Lipinski definition) is 2. The summed E-state index contributed by atoms with van der Waals surface area (Å²) in [6.07, 6.45) is 2.35. The van der Waals surface area contributed by atoms with Crippen LogP contribution in [0, 0.1) is 11.6 Å². The second-order valence-electron chi connectivity index (χ2n) is 7.41. The Bertz CT molecular complexity index is 1310. The van der Waals surface area contributed by atoms with E-state index < -0.39 is 32.7 Å². The molecule has 0 fully saturated rings. The molecule has 2 N–H and O–H groups in total. The van der Waals surface area contributed by atoms with Crippen LogP contribution >= 0.6 is 0 Å². The van der Waals surface area contributed by atoms with E-state index >= 15 is 0 Å². The number of urea groups is 1. The van der Waals surface area contributed by atoms with Crippen LogP contribution in [0.4, 0.5) is 19.3 Å². The second-order valence-corrected chi connectivity index (χ2v) is 9.01. The highest BCUT2D eigenvalue weighted by atomic mass is 32.2. The first kappa shape index (κ1) is 21.7. The van der Waals surface area contributed by atoms with E-state index in [4.69, 9.17) is 4.74 Å². The minimum atomic E-state index is -4.61. The van der Waals surface area contributed by atoms with Crippen molar-refractivity contribution in [2.45, 2.75) is 31.3 Å². The van der Waals surface area contributed by atoms with E-state index in [2.05, 4.69) is 15.4 Å². The van der Waals surface area contributed by atoms with Gasteiger partial charge in [-0.3, -0.25) is 4.68 Å². The fourth-order valence-corrected chi connectivity index (χ4v) is 4.25. The molecule has 1 aliphatic heterocycles. The van der Waals surface area contributed by atoms with Crippen LogP contribution in [0.5, 0.6) is 5.88 Å². The van der Waals surface area contributed by atoms with Crippen molar-refractivity contribution in [2.75, 3.05) is 11.9 Å². The number of amides is 2. The van der Waals surface area contributed by atoms with Gasteiger partial charge in [-0.25, -0.2) is 23.3 Å². The minimum absolute atomic E-state index is 0.00885. The van der Waals surface area contributed by atoms with Crippen molar-refractivity contribution in [3.8, 4) is 17.0 Å². The van der Waals surface area contributed by atoms with Gasteiger partial charge in [-0.1, -0.05) is 13.8 Å². The summed E-state index contributed by atoms with van der Waals surface area (Å²) >= 11 is 0. The summed E-state index contributed by atoms with van der Waals surface area (Å²) in [5.41, 5.74) is 1.44. The molecular formula is C20H19F2N5O4S. The molecule has 0 atom stereocenters. The summed E-state index contributed by atoms with van der Waals surface area (Å²) in [7, 11) is -4.61. The Labute approximate surface area is 182 Å². The lowest BCUT2D eigenvalue weighted by molar-refractivity contribution is 0.256. The molecular weight excluding hydrogens is 444 g/mol. The van der Waals surface area contributed by atoms with E-state index in [0.717, 1.165) is 10.9 Å². The topological polar surface area (TPSA) is 115 Å². The van der Waals surface area contributed by atoms with E-state index in [1.54, 1.807) is 30.7 Å². The SMILES string of the molecule is CC(C)c1cc(F)cc2c1NC(=O)NS(=O)(=O)c1nn(cc1F)CCOc1cc-2ccn1. The third-order valence-corrected chi connectivity index (χ3v) is 6.02. The average molecular weight is 463 g/mol. The molecule has 0 aliphatic carbocycles. The predicted molar refractivity (Wildman–Crippen MR) is 111 cm³/mol. The lowest BCUT2D eigenvalue weighted by Crippen LogP contribution is -2.35.